The molecule has 3 amide bonds. The Morgan fingerprint density at radius 2 is 2.07 bits per heavy atom. The number of para-hydroxylation sites is 1. The van der Waals surface area contributed by atoms with E-state index in [-0.39, 0.29) is 36.0 Å². The molecule has 1 aliphatic heterocycles. The monoisotopic (exact) mass is 414 g/mol. The lowest BCUT2D eigenvalue weighted by molar-refractivity contribution is -0.127. The zero-order valence-corrected chi connectivity index (χ0v) is 17.4. The van der Waals surface area contributed by atoms with Gasteiger partial charge in [0.05, 0.1) is 12.6 Å². The minimum Gasteiger partial charge on any atom is -0.394 e. The number of aliphatic hydroxyl groups is 1. The van der Waals surface area contributed by atoms with Gasteiger partial charge in [-0.3, -0.25) is 14.4 Å². The first-order valence-corrected chi connectivity index (χ1v) is 10.4. The normalized spacial score (nSPS) is 18.4. The fourth-order valence-electron chi connectivity index (χ4n) is 4.17. The Labute approximate surface area is 175 Å². The number of nitrogens with one attached hydrogen (secondary N) is 2. The molecule has 1 aliphatic rings. The summed E-state index contributed by atoms with van der Waals surface area (Å²) in [7, 11) is 0. The van der Waals surface area contributed by atoms with E-state index in [2.05, 4.69) is 10.6 Å². The highest BCUT2D eigenvalue weighted by molar-refractivity contribution is 5.99. The topological polar surface area (TPSA) is 126 Å². The third kappa shape index (κ3) is 4.64. The Morgan fingerprint density at radius 1 is 1.33 bits per heavy atom. The summed E-state index contributed by atoms with van der Waals surface area (Å²) >= 11 is 0. The second-order valence-corrected chi connectivity index (χ2v) is 8.37. The molecule has 2 aromatic rings. The van der Waals surface area contributed by atoms with Crippen LogP contribution in [0.1, 0.15) is 49.6 Å². The maximum atomic E-state index is 13.3. The highest BCUT2D eigenvalue weighted by Gasteiger charge is 2.31. The summed E-state index contributed by atoms with van der Waals surface area (Å²) in [6, 6.07) is 7.93. The predicted molar refractivity (Wildman–Crippen MR) is 114 cm³/mol. The van der Waals surface area contributed by atoms with Crippen molar-refractivity contribution < 1.29 is 19.5 Å². The van der Waals surface area contributed by atoms with E-state index in [0.717, 1.165) is 10.9 Å². The number of nitrogens with zero attached hydrogens (tertiary/aromatic N) is 1. The van der Waals surface area contributed by atoms with E-state index in [0.29, 0.717) is 25.8 Å². The number of nitrogens with two attached hydrogens (primary N) is 1. The fraction of sp³-hybridized carbons (Fsp3) is 0.500. The number of carbonyl (C=O) groups is 3. The molecule has 30 heavy (non-hydrogen) atoms. The van der Waals surface area contributed by atoms with Gasteiger partial charge in [-0.15, -0.1) is 0 Å². The van der Waals surface area contributed by atoms with Crippen LogP contribution in [0.4, 0.5) is 0 Å². The Bertz CT molecular complexity index is 936. The van der Waals surface area contributed by atoms with Crippen molar-refractivity contribution in [3.63, 3.8) is 0 Å². The zero-order chi connectivity index (χ0) is 21.8. The van der Waals surface area contributed by atoms with Gasteiger partial charge in [-0.1, -0.05) is 32.0 Å². The number of carbonyl (C=O) groups excluding carboxylic acids is 3. The molecule has 0 saturated carbocycles. The lowest BCUT2D eigenvalue weighted by Gasteiger charge is -2.26. The van der Waals surface area contributed by atoms with Crippen LogP contribution in [0.3, 0.4) is 0 Å². The number of amides is 3. The molecule has 0 unspecified atom stereocenters. The summed E-state index contributed by atoms with van der Waals surface area (Å²) < 4.78 is 1.70. The standard InChI is InChI=1S/C22H30N4O4/c1-13(2)9-19(22(30)25-16(12-27)10-15-7-8-24-21(15)29)26-17-6-4-3-5-14(17)11-18(26)20(23)28/h3-6,11,13,15-16,19,27H,7-10,12H2,1-2H3,(H2,23,28)(H,24,29)(H,25,30)/t15-,16-,19-/m0/s1. The van der Waals surface area contributed by atoms with E-state index < -0.39 is 18.0 Å². The molecule has 3 rings (SSSR count). The van der Waals surface area contributed by atoms with Crippen molar-refractivity contribution in [2.24, 2.45) is 17.6 Å². The average molecular weight is 415 g/mol. The van der Waals surface area contributed by atoms with E-state index in [4.69, 9.17) is 5.73 Å². The number of rotatable bonds is 9. The van der Waals surface area contributed by atoms with Crippen LogP contribution in [-0.2, 0) is 9.59 Å². The molecular formula is C22H30N4O4. The van der Waals surface area contributed by atoms with Gasteiger partial charge in [0.15, 0.2) is 0 Å². The molecular weight excluding hydrogens is 384 g/mol. The first-order chi connectivity index (χ1) is 14.3. The lowest BCUT2D eigenvalue weighted by Crippen LogP contribution is -2.44. The SMILES string of the molecule is CC(C)C[C@@H](C(=O)N[C@H](CO)C[C@@H]1CCNC1=O)n1c(C(N)=O)cc2ccccc21. The molecule has 1 aromatic heterocycles. The first kappa shape index (κ1) is 21.8. The van der Waals surface area contributed by atoms with Crippen molar-refractivity contribution >= 4 is 28.6 Å². The zero-order valence-electron chi connectivity index (χ0n) is 17.4. The molecule has 1 aromatic carbocycles. The van der Waals surface area contributed by atoms with Gasteiger partial charge >= 0.3 is 0 Å². The molecule has 8 heteroatoms. The van der Waals surface area contributed by atoms with Crippen LogP contribution in [0, 0.1) is 11.8 Å². The van der Waals surface area contributed by atoms with E-state index in [1.165, 1.54) is 0 Å². The van der Waals surface area contributed by atoms with E-state index in [1.54, 1.807) is 10.6 Å². The van der Waals surface area contributed by atoms with Crippen molar-refractivity contribution in [3.05, 3.63) is 36.0 Å². The van der Waals surface area contributed by atoms with Gasteiger partial charge < -0.3 is 26.0 Å². The summed E-state index contributed by atoms with van der Waals surface area (Å²) in [4.78, 5) is 37.3. The van der Waals surface area contributed by atoms with Crippen LogP contribution in [0.2, 0.25) is 0 Å². The van der Waals surface area contributed by atoms with Crippen LogP contribution in [-0.4, -0.2) is 46.6 Å². The number of hydrogen-bond acceptors (Lipinski definition) is 4. The van der Waals surface area contributed by atoms with Gasteiger partial charge in [-0.05, 0) is 37.3 Å². The largest absolute Gasteiger partial charge is 0.394 e. The van der Waals surface area contributed by atoms with Gasteiger partial charge in [0, 0.05) is 23.4 Å². The minimum absolute atomic E-state index is 0.0474. The highest BCUT2D eigenvalue weighted by atomic mass is 16.3. The maximum Gasteiger partial charge on any atom is 0.265 e. The second-order valence-electron chi connectivity index (χ2n) is 8.37. The van der Waals surface area contributed by atoms with E-state index >= 15 is 0 Å². The molecule has 5 N–H and O–H groups in total. The van der Waals surface area contributed by atoms with Crippen LogP contribution in [0.15, 0.2) is 30.3 Å². The molecule has 8 nitrogen and oxygen atoms in total. The Balaban J connectivity index is 1.91. The van der Waals surface area contributed by atoms with Gasteiger partial charge in [0.1, 0.15) is 11.7 Å². The van der Waals surface area contributed by atoms with Crippen molar-refractivity contribution in [3.8, 4) is 0 Å². The number of aliphatic hydroxyl groups excluding tert-OH is 1. The number of primary amides is 1. The molecule has 0 bridgehead atoms. The first-order valence-electron chi connectivity index (χ1n) is 10.4. The molecule has 2 heterocycles. The Morgan fingerprint density at radius 3 is 2.67 bits per heavy atom. The number of fused-ring (bicyclic) bond motifs is 1. The summed E-state index contributed by atoms with van der Waals surface area (Å²) in [5.74, 6) is -0.997. The molecule has 0 radical (unpaired) electrons. The quantitative estimate of drug-likeness (QED) is 0.494. The maximum absolute atomic E-state index is 13.3. The summed E-state index contributed by atoms with van der Waals surface area (Å²) in [6.07, 6.45) is 1.55. The van der Waals surface area contributed by atoms with Crippen molar-refractivity contribution in [1.82, 2.24) is 15.2 Å². The highest BCUT2D eigenvalue weighted by Crippen LogP contribution is 2.28. The summed E-state index contributed by atoms with van der Waals surface area (Å²) in [6.45, 7) is 4.35. The second kappa shape index (κ2) is 9.30. The van der Waals surface area contributed by atoms with Gasteiger partial charge in [-0.25, -0.2) is 0 Å². The Kier molecular flexibility index (Phi) is 6.77. The summed E-state index contributed by atoms with van der Waals surface area (Å²) in [5, 5.41) is 16.3. The number of aromatic nitrogens is 1. The van der Waals surface area contributed by atoms with Gasteiger partial charge in [0.2, 0.25) is 11.8 Å². The van der Waals surface area contributed by atoms with Crippen LogP contribution in [0.25, 0.3) is 10.9 Å². The smallest absolute Gasteiger partial charge is 0.265 e. The van der Waals surface area contributed by atoms with Crippen LogP contribution in [0.5, 0.6) is 0 Å². The number of hydrogen-bond donors (Lipinski definition) is 4. The van der Waals surface area contributed by atoms with Crippen LogP contribution >= 0.6 is 0 Å². The van der Waals surface area contributed by atoms with Gasteiger partial charge in [0.25, 0.3) is 5.91 Å². The molecule has 0 spiro atoms. The molecule has 162 valence electrons. The van der Waals surface area contributed by atoms with E-state index in [9.17, 15) is 19.5 Å². The molecule has 0 aliphatic carbocycles. The lowest BCUT2D eigenvalue weighted by atomic mass is 9.97. The Hall–Kier alpha value is -2.87. The van der Waals surface area contributed by atoms with Crippen molar-refractivity contribution in [1.29, 1.82) is 0 Å². The molecule has 1 fully saturated rings. The van der Waals surface area contributed by atoms with Gasteiger partial charge in [-0.2, -0.15) is 0 Å². The fourth-order valence-corrected chi connectivity index (χ4v) is 4.17. The van der Waals surface area contributed by atoms with Crippen LogP contribution < -0.4 is 16.4 Å². The van der Waals surface area contributed by atoms with Crippen molar-refractivity contribution in [2.75, 3.05) is 13.2 Å². The predicted octanol–water partition coefficient (Wildman–Crippen LogP) is 1.33. The molecule has 1 saturated heterocycles. The minimum atomic E-state index is -0.668. The molecule has 3 atom stereocenters. The third-order valence-corrected chi connectivity index (χ3v) is 5.61. The third-order valence-electron chi connectivity index (χ3n) is 5.61. The van der Waals surface area contributed by atoms with E-state index in [1.807, 2.05) is 38.1 Å². The number of benzene rings is 1. The summed E-state index contributed by atoms with van der Waals surface area (Å²) in [5.41, 5.74) is 6.65. The van der Waals surface area contributed by atoms with Crippen molar-refractivity contribution in [2.45, 2.75) is 45.2 Å². The average Bonchev–Trinajstić information content (AvgIpc) is 3.28.